The molecule has 6 heteroatoms. The summed E-state index contributed by atoms with van der Waals surface area (Å²) in [5.74, 6) is -3.64. The van der Waals surface area contributed by atoms with Crippen molar-refractivity contribution in [1.82, 2.24) is 0 Å². The molecule has 0 aliphatic rings. The molecule has 0 spiro atoms. The van der Waals surface area contributed by atoms with E-state index in [0.29, 0.717) is 11.1 Å². The first-order chi connectivity index (χ1) is 12.3. The molecular weight excluding hydrogens is 336 g/mol. The molecule has 134 valence electrons. The lowest BCUT2D eigenvalue weighted by atomic mass is 9.98. The van der Waals surface area contributed by atoms with Crippen molar-refractivity contribution in [3.8, 4) is 11.5 Å². The number of hydrogen-bond donors (Lipinski definition) is 2. The molecule has 6 nitrogen and oxygen atoms in total. The Morgan fingerprint density at radius 1 is 1.12 bits per heavy atom. The summed E-state index contributed by atoms with van der Waals surface area (Å²) >= 11 is 0. The van der Waals surface area contributed by atoms with Crippen LogP contribution in [0.1, 0.15) is 29.3 Å². The SMILES string of the molecule is C=C(C)C(CC(=O)O)C(=O)Oc1ccc(C(=O)c2ccccc2)c(O)c1. The number of phenolic OH excluding ortho intramolecular Hbond substituents is 1. The summed E-state index contributed by atoms with van der Waals surface area (Å²) in [5, 5.41) is 19.0. The highest BCUT2D eigenvalue weighted by atomic mass is 16.5. The maximum Gasteiger partial charge on any atom is 0.319 e. The van der Waals surface area contributed by atoms with E-state index in [-0.39, 0.29) is 22.8 Å². The Bertz CT molecular complexity index is 854. The predicted molar refractivity (Wildman–Crippen MR) is 94.2 cm³/mol. The van der Waals surface area contributed by atoms with E-state index in [1.165, 1.54) is 19.1 Å². The summed E-state index contributed by atoms with van der Waals surface area (Å²) in [7, 11) is 0. The average molecular weight is 354 g/mol. The maximum absolute atomic E-state index is 12.4. The van der Waals surface area contributed by atoms with Gasteiger partial charge in [0.15, 0.2) is 5.78 Å². The van der Waals surface area contributed by atoms with E-state index in [4.69, 9.17) is 9.84 Å². The van der Waals surface area contributed by atoms with Crippen molar-refractivity contribution >= 4 is 17.7 Å². The molecule has 0 radical (unpaired) electrons. The van der Waals surface area contributed by atoms with Crippen LogP contribution in [-0.4, -0.2) is 27.9 Å². The molecule has 1 atom stereocenters. The fourth-order valence-electron chi connectivity index (χ4n) is 2.33. The van der Waals surface area contributed by atoms with Gasteiger partial charge in [-0.25, -0.2) is 0 Å². The number of carboxylic acids is 1. The lowest BCUT2D eigenvalue weighted by molar-refractivity contribution is -0.145. The predicted octanol–water partition coefficient (Wildman–Crippen LogP) is 3.20. The second-order valence-corrected chi connectivity index (χ2v) is 5.79. The molecule has 0 amide bonds. The first-order valence-corrected chi connectivity index (χ1v) is 7.81. The Kier molecular flexibility index (Phi) is 5.90. The van der Waals surface area contributed by atoms with Gasteiger partial charge in [-0.05, 0) is 19.1 Å². The lowest BCUT2D eigenvalue weighted by Crippen LogP contribution is -2.24. The van der Waals surface area contributed by atoms with Gasteiger partial charge in [0, 0.05) is 11.6 Å². The quantitative estimate of drug-likeness (QED) is 0.343. The number of rotatable bonds is 7. The molecule has 0 aliphatic heterocycles. The monoisotopic (exact) mass is 354 g/mol. The van der Waals surface area contributed by atoms with Crippen molar-refractivity contribution < 1.29 is 29.3 Å². The fourth-order valence-corrected chi connectivity index (χ4v) is 2.33. The summed E-state index contributed by atoms with van der Waals surface area (Å²) < 4.78 is 5.13. The highest BCUT2D eigenvalue weighted by Gasteiger charge is 2.25. The standard InChI is InChI=1S/C20H18O6/c1-12(2)16(11-18(22)23)20(25)26-14-8-9-15(17(21)10-14)19(24)13-6-4-3-5-7-13/h3-10,16,21H,1,11H2,2H3,(H,22,23). The van der Waals surface area contributed by atoms with Crippen LogP contribution in [0, 0.1) is 5.92 Å². The number of carboxylic acid groups (broad SMARTS) is 1. The number of benzene rings is 2. The Morgan fingerprint density at radius 3 is 2.31 bits per heavy atom. The van der Waals surface area contributed by atoms with E-state index in [9.17, 15) is 19.5 Å². The second kappa shape index (κ2) is 8.11. The molecule has 0 saturated heterocycles. The van der Waals surface area contributed by atoms with Gasteiger partial charge >= 0.3 is 11.9 Å². The molecule has 2 aromatic rings. The van der Waals surface area contributed by atoms with Crippen LogP contribution < -0.4 is 4.74 Å². The van der Waals surface area contributed by atoms with E-state index >= 15 is 0 Å². The van der Waals surface area contributed by atoms with Crippen LogP contribution in [0.4, 0.5) is 0 Å². The molecule has 0 fully saturated rings. The highest BCUT2D eigenvalue weighted by Crippen LogP contribution is 2.27. The maximum atomic E-state index is 12.4. The van der Waals surface area contributed by atoms with Gasteiger partial charge in [-0.15, -0.1) is 0 Å². The zero-order valence-electron chi connectivity index (χ0n) is 14.1. The molecule has 0 heterocycles. The van der Waals surface area contributed by atoms with Crippen molar-refractivity contribution in [2.24, 2.45) is 5.92 Å². The number of phenols is 1. The first kappa shape index (κ1) is 18.9. The van der Waals surface area contributed by atoms with Gasteiger partial charge in [-0.1, -0.05) is 42.5 Å². The van der Waals surface area contributed by atoms with Crippen LogP contribution in [0.2, 0.25) is 0 Å². The number of aromatic hydroxyl groups is 1. The average Bonchev–Trinajstić information content (AvgIpc) is 2.59. The van der Waals surface area contributed by atoms with Gasteiger partial charge in [0.2, 0.25) is 0 Å². The summed E-state index contributed by atoms with van der Waals surface area (Å²) in [4.78, 5) is 35.4. The van der Waals surface area contributed by atoms with E-state index in [0.717, 1.165) is 6.07 Å². The number of ether oxygens (including phenoxy) is 1. The van der Waals surface area contributed by atoms with Crippen molar-refractivity contribution in [3.63, 3.8) is 0 Å². The van der Waals surface area contributed by atoms with Crippen molar-refractivity contribution in [2.45, 2.75) is 13.3 Å². The van der Waals surface area contributed by atoms with E-state index in [1.54, 1.807) is 30.3 Å². The Hall–Kier alpha value is -3.41. The van der Waals surface area contributed by atoms with Gasteiger partial charge < -0.3 is 14.9 Å². The molecular formula is C20H18O6. The van der Waals surface area contributed by atoms with E-state index in [1.807, 2.05) is 0 Å². The van der Waals surface area contributed by atoms with Crippen LogP contribution in [0.15, 0.2) is 60.7 Å². The minimum Gasteiger partial charge on any atom is -0.507 e. The first-order valence-electron chi connectivity index (χ1n) is 7.81. The smallest absolute Gasteiger partial charge is 0.319 e. The van der Waals surface area contributed by atoms with Gasteiger partial charge in [-0.2, -0.15) is 0 Å². The largest absolute Gasteiger partial charge is 0.507 e. The van der Waals surface area contributed by atoms with Gasteiger partial charge in [0.25, 0.3) is 0 Å². The third-order valence-corrected chi connectivity index (χ3v) is 3.73. The van der Waals surface area contributed by atoms with E-state index in [2.05, 4.69) is 6.58 Å². The fraction of sp³-hybridized carbons (Fsp3) is 0.150. The third kappa shape index (κ3) is 4.57. The molecule has 1 unspecified atom stereocenters. The number of ketones is 1. The molecule has 0 aromatic heterocycles. The molecule has 0 saturated carbocycles. The van der Waals surface area contributed by atoms with Crippen LogP contribution in [-0.2, 0) is 9.59 Å². The number of carbonyl (C=O) groups is 3. The summed E-state index contributed by atoms with van der Waals surface area (Å²) in [6.07, 6.45) is -0.440. The topological polar surface area (TPSA) is 101 Å². The van der Waals surface area contributed by atoms with Crippen LogP contribution in [0.25, 0.3) is 0 Å². The zero-order valence-corrected chi connectivity index (χ0v) is 14.1. The van der Waals surface area contributed by atoms with Crippen molar-refractivity contribution in [2.75, 3.05) is 0 Å². The van der Waals surface area contributed by atoms with Gasteiger partial charge in [0.1, 0.15) is 11.5 Å². The van der Waals surface area contributed by atoms with Crippen molar-refractivity contribution in [3.05, 3.63) is 71.8 Å². The Morgan fingerprint density at radius 2 is 1.77 bits per heavy atom. The normalized spacial score (nSPS) is 11.4. The Labute approximate surface area is 150 Å². The van der Waals surface area contributed by atoms with Crippen LogP contribution in [0.3, 0.4) is 0 Å². The minimum atomic E-state index is -1.15. The number of carbonyl (C=O) groups excluding carboxylic acids is 2. The number of aliphatic carboxylic acids is 1. The molecule has 0 bridgehead atoms. The molecule has 0 aliphatic carbocycles. The minimum absolute atomic E-state index is 0.00810. The molecule has 2 N–H and O–H groups in total. The lowest BCUT2D eigenvalue weighted by Gasteiger charge is -2.14. The van der Waals surface area contributed by atoms with Crippen LogP contribution in [0.5, 0.6) is 11.5 Å². The Balaban J connectivity index is 2.19. The summed E-state index contributed by atoms with van der Waals surface area (Å²) in [6.45, 7) is 5.14. The third-order valence-electron chi connectivity index (χ3n) is 3.73. The van der Waals surface area contributed by atoms with Gasteiger partial charge in [0.05, 0.1) is 17.9 Å². The number of hydrogen-bond acceptors (Lipinski definition) is 5. The van der Waals surface area contributed by atoms with Crippen LogP contribution >= 0.6 is 0 Å². The number of esters is 1. The zero-order chi connectivity index (χ0) is 19.3. The van der Waals surface area contributed by atoms with E-state index < -0.39 is 24.3 Å². The summed E-state index contributed by atoms with van der Waals surface area (Å²) in [6, 6.07) is 12.3. The van der Waals surface area contributed by atoms with Crippen molar-refractivity contribution in [1.29, 1.82) is 0 Å². The molecule has 2 rings (SSSR count). The molecule has 2 aromatic carbocycles. The van der Waals surface area contributed by atoms with Gasteiger partial charge in [-0.3, -0.25) is 14.4 Å². The molecule has 26 heavy (non-hydrogen) atoms. The highest BCUT2D eigenvalue weighted by molar-refractivity contribution is 6.10. The second-order valence-electron chi connectivity index (χ2n) is 5.79. The summed E-state index contributed by atoms with van der Waals surface area (Å²) in [5.41, 5.74) is 0.840.